The van der Waals surface area contributed by atoms with Gasteiger partial charge in [0.1, 0.15) is 0 Å². The molecule has 0 aromatic heterocycles. The highest BCUT2D eigenvalue weighted by molar-refractivity contribution is 7.92. The van der Waals surface area contributed by atoms with Crippen LogP contribution in [-0.2, 0) is 9.84 Å². The van der Waals surface area contributed by atoms with Gasteiger partial charge in [0, 0.05) is 25.1 Å². The third-order valence-electron chi connectivity index (χ3n) is 4.02. The van der Waals surface area contributed by atoms with Gasteiger partial charge in [-0.3, -0.25) is 4.99 Å². The Hall–Kier alpha value is -2.09. The van der Waals surface area contributed by atoms with Crippen molar-refractivity contribution in [3.8, 4) is 0 Å². The lowest BCUT2D eigenvalue weighted by molar-refractivity contribution is -0.0156. The number of nitrogens with zero attached hydrogens (tertiary/aromatic N) is 3. The van der Waals surface area contributed by atoms with Crippen LogP contribution in [0.15, 0.2) is 52.6 Å². The van der Waals surface area contributed by atoms with Crippen LogP contribution in [0, 0.1) is 0 Å². The summed E-state index contributed by atoms with van der Waals surface area (Å²) in [7, 11) is -4.20. The predicted molar refractivity (Wildman–Crippen MR) is 97.3 cm³/mol. The minimum atomic E-state index is -4.20. The van der Waals surface area contributed by atoms with Gasteiger partial charge in [0.25, 0.3) is 5.92 Å². The summed E-state index contributed by atoms with van der Waals surface area (Å²) in [6, 6.07) is 8.70. The lowest BCUT2D eigenvalue weighted by Gasteiger charge is -2.31. The Morgan fingerprint density at radius 3 is 2.44 bits per heavy atom. The molecule has 0 saturated carbocycles. The maximum absolute atomic E-state index is 14.4. The molecule has 25 heavy (non-hydrogen) atoms. The number of rotatable bonds is 5. The predicted octanol–water partition coefficient (Wildman–Crippen LogP) is 3.30. The highest BCUT2D eigenvalue weighted by atomic mass is 32.2. The number of amidine groups is 1. The zero-order valence-corrected chi connectivity index (χ0v) is 15.4. The highest BCUT2D eigenvalue weighted by Gasteiger charge is 2.62. The molecular formula is C17H21F2N3O2S. The average molecular weight is 369 g/mol. The van der Waals surface area contributed by atoms with E-state index in [2.05, 4.69) is 9.98 Å². The second kappa shape index (κ2) is 6.67. The van der Waals surface area contributed by atoms with E-state index in [0.29, 0.717) is 18.3 Å². The largest absolute Gasteiger partial charge is 0.321 e. The molecule has 8 heteroatoms. The number of benzene rings is 1. The molecule has 0 bridgehead atoms. The smallest absolute Gasteiger partial charge is 0.286 e. The van der Waals surface area contributed by atoms with Crippen LogP contribution in [0.25, 0.3) is 0 Å². The fourth-order valence-electron chi connectivity index (χ4n) is 2.66. The fourth-order valence-corrected chi connectivity index (χ4v) is 3.93. The number of anilines is 1. The molecule has 0 aliphatic carbocycles. The summed E-state index contributed by atoms with van der Waals surface area (Å²) in [6.45, 7) is 3.49. The lowest BCUT2D eigenvalue weighted by Crippen LogP contribution is -2.54. The van der Waals surface area contributed by atoms with Gasteiger partial charge in [-0.2, -0.15) is 0 Å². The van der Waals surface area contributed by atoms with Crippen LogP contribution in [0.1, 0.15) is 20.8 Å². The number of allylic oxidation sites excluding steroid dienone is 1. The van der Waals surface area contributed by atoms with Gasteiger partial charge in [-0.05, 0) is 26.0 Å². The van der Waals surface area contributed by atoms with Gasteiger partial charge in [-0.25, -0.2) is 22.2 Å². The van der Waals surface area contributed by atoms with E-state index in [4.69, 9.17) is 0 Å². The van der Waals surface area contributed by atoms with Crippen LogP contribution in [0.3, 0.4) is 0 Å². The molecule has 1 unspecified atom stereocenters. The number of hydrogen-bond acceptors (Lipinski definition) is 5. The van der Waals surface area contributed by atoms with Gasteiger partial charge >= 0.3 is 0 Å². The van der Waals surface area contributed by atoms with Crippen LogP contribution in [0.2, 0.25) is 0 Å². The first-order valence-corrected chi connectivity index (χ1v) is 9.58. The van der Waals surface area contributed by atoms with Crippen molar-refractivity contribution in [1.82, 2.24) is 0 Å². The van der Waals surface area contributed by atoms with Crippen LogP contribution in [0.4, 0.5) is 14.5 Å². The monoisotopic (exact) mass is 369 g/mol. The Kier molecular flexibility index (Phi) is 5.13. The quantitative estimate of drug-likeness (QED) is 0.748. The minimum absolute atomic E-state index is 0.122. The van der Waals surface area contributed by atoms with E-state index in [0.717, 1.165) is 6.26 Å². The Morgan fingerprint density at radius 2 is 1.96 bits per heavy atom. The zero-order chi connectivity index (χ0) is 18.9. The van der Waals surface area contributed by atoms with Crippen LogP contribution in [0.5, 0.6) is 0 Å². The summed E-state index contributed by atoms with van der Waals surface area (Å²) >= 11 is 0. The van der Waals surface area contributed by atoms with Crippen molar-refractivity contribution in [2.24, 2.45) is 9.98 Å². The summed E-state index contributed by atoms with van der Waals surface area (Å²) < 4.78 is 53.4. The molecule has 5 nitrogen and oxygen atoms in total. The molecule has 0 spiro atoms. The van der Waals surface area contributed by atoms with Crippen molar-refractivity contribution in [1.29, 1.82) is 0 Å². The summed E-state index contributed by atoms with van der Waals surface area (Å²) in [5.41, 5.74) is 0.933. The minimum Gasteiger partial charge on any atom is -0.321 e. The van der Waals surface area contributed by atoms with Gasteiger partial charge in [-0.1, -0.05) is 24.3 Å². The van der Waals surface area contributed by atoms with E-state index in [1.807, 2.05) is 0 Å². The fraction of sp³-hybridized carbons (Fsp3) is 0.412. The van der Waals surface area contributed by atoms with Crippen LogP contribution >= 0.6 is 0 Å². The molecule has 0 N–H and O–H groups in total. The van der Waals surface area contributed by atoms with Crippen molar-refractivity contribution in [2.75, 3.05) is 17.7 Å². The normalized spacial score (nSPS) is 22.6. The number of alkyl halides is 2. The Labute approximate surface area is 146 Å². The summed E-state index contributed by atoms with van der Waals surface area (Å²) in [6.07, 6.45) is 3.98. The van der Waals surface area contributed by atoms with Gasteiger partial charge < -0.3 is 4.90 Å². The molecule has 136 valence electrons. The van der Waals surface area contributed by atoms with Crippen LogP contribution < -0.4 is 4.90 Å². The van der Waals surface area contributed by atoms with Gasteiger partial charge in [0.05, 0.1) is 12.3 Å². The van der Waals surface area contributed by atoms with E-state index in [1.165, 1.54) is 11.1 Å². The van der Waals surface area contributed by atoms with E-state index in [1.54, 1.807) is 50.3 Å². The SMILES string of the molecule is C/C=C\N=C(C)C1=NC(C(C)(F)F)(S(C)(=O)=O)CN1c1ccccc1. The number of hydrogen-bond donors (Lipinski definition) is 0. The number of sulfone groups is 1. The van der Waals surface area contributed by atoms with Crippen molar-refractivity contribution in [2.45, 2.75) is 31.6 Å². The molecule has 1 aromatic carbocycles. The third kappa shape index (κ3) is 3.49. The van der Waals surface area contributed by atoms with Crippen molar-refractivity contribution in [3.63, 3.8) is 0 Å². The molecule has 1 aliphatic heterocycles. The Bertz CT molecular complexity index is 827. The molecule has 1 atom stereocenters. The maximum atomic E-state index is 14.4. The molecule has 0 saturated heterocycles. The molecule has 1 heterocycles. The first-order chi connectivity index (χ1) is 11.5. The summed E-state index contributed by atoms with van der Waals surface area (Å²) in [5.74, 6) is -3.44. The van der Waals surface area contributed by atoms with Gasteiger partial charge in [0.15, 0.2) is 15.7 Å². The standard InChI is InChI=1S/C17H21F2N3O2S/c1-5-11-20-13(2)15-21-17(16(3,18)19,25(4,23)24)12-22(15)14-9-7-6-8-10-14/h5-11H,12H2,1-4H3/b11-5-,20-13?. The molecule has 0 radical (unpaired) electrons. The van der Waals surface area contributed by atoms with E-state index in [9.17, 15) is 17.2 Å². The number of aliphatic imine (C=N–C) groups is 2. The third-order valence-corrected chi connectivity index (χ3v) is 5.83. The van der Waals surface area contributed by atoms with Crippen molar-refractivity contribution in [3.05, 3.63) is 42.6 Å². The molecule has 2 rings (SSSR count). The molecule has 0 amide bonds. The lowest BCUT2D eigenvalue weighted by atomic mass is 10.1. The van der Waals surface area contributed by atoms with Crippen molar-refractivity contribution < 1.29 is 17.2 Å². The second-order valence-electron chi connectivity index (χ2n) is 6.00. The number of halogens is 2. The zero-order valence-electron chi connectivity index (χ0n) is 14.6. The first-order valence-electron chi connectivity index (χ1n) is 7.69. The first kappa shape index (κ1) is 19.2. The molecular weight excluding hydrogens is 348 g/mol. The van der Waals surface area contributed by atoms with E-state index >= 15 is 0 Å². The van der Waals surface area contributed by atoms with Gasteiger partial charge in [-0.15, -0.1) is 0 Å². The van der Waals surface area contributed by atoms with Gasteiger partial charge in [0.2, 0.25) is 4.87 Å². The summed E-state index contributed by atoms with van der Waals surface area (Å²) in [4.78, 5) is 7.08. The average Bonchev–Trinajstić information content (AvgIpc) is 2.95. The summed E-state index contributed by atoms with van der Waals surface area (Å²) in [5, 5.41) is 0. The highest BCUT2D eigenvalue weighted by Crippen LogP contribution is 2.42. The topological polar surface area (TPSA) is 62.1 Å². The van der Waals surface area contributed by atoms with Crippen LogP contribution in [-0.4, -0.2) is 43.6 Å². The maximum Gasteiger partial charge on any atom is 0.286 e. The number of para-hydroxylation sites is 1. The molecule has 1 aliphatic rings. The second-order valence-corrected chi connectivity index (χ2v) is 8.22. The molecule has 0 fully saturated rings. The van der Waals surface area contributed by atoms with E-state index in [-0.39, 0.29) is 5.84 Å². The Morgan fingerprint density at radius 1 is 1.36 bits per heavy atom. The van der Waals surface area contributed by atoms with Crippen molar-refractivity contribution >= 4 is 27.1 Å². The molecule has 1 aromatic rings. The van der Waals surface area contributed by atoms with E-state index < -0.39 is 27.2 Å². The Balaban J connectivity index is 2.70.